The van der Waals surface area contributed by atoms with Crippen LogP contribution < -0.4 is 10.5 Å². The fourth-order valence-corrected chi connectivity index (χ4v) is 2.63. The lowest BCUT2D eigenvalue weighted by atomic mass is 10.0. The molecule has 112 valence electrons. The second-order valence-electron chi connectivity index (χ2n) is 4.77. The third-order valence-electron chi connectivity index (χ3n) is 3.18. The summed E-state index contributed by atoms with van der Waals surface area (Å²) in [5, 5.41) is 0.458. The number of rotatable bonds is 5. The van der Waals surface area contributed by atoms with Crippen molar-refractivity contribution in [2.24, 2.45) is 5.73 Å². The first kappa shape index (κ1) is 16.3. The molecule has 0 saturated carbocycles. The average Bonchev–Trinajstić information content (AvgIpc) is 2.45. The summed E-state index contributed by atoms with van der Waals surface area (Å²) in [5.74, 6) is 0.615. The van der Waals surface area contributed by atoms with Crippen LogP contribution in [0.4, 0.5) is 4.39 Å². The number of nitrogens with two attached hydrogens (primary N) is 1. The standard InChI is InChI=1S/C16H16BrClFNO/c1-2-11(20)9-12-14(19)4-3-5-15(12)21-16-7-6-10(17)8-13(16)18/h3-8,11H,2,9,20H2,1H3. The van der Waals surface area contributed by atoms with Gasteiger partial charge in [-0.25, -0.2) is 4.39 Å². The lowest BCUT2D eigenvalue weighted by molar-refractivity contribution is 0.461. The summed E-state index contributed by atoms with van der Waals surface area (Å²) in [6, 6.07) is 9.92. The van der Waals surface area contributed by atoms with E-state index in [0.717, 1.165) is 10.9 Å². The molecule has 0 aliphatic rings. The largest absolute Gasteiger partial charge is 0.455 e. The van der Waals surface area contributed by atoms with Gasteiger partial charge in [0, 0.05) is 16.1 Å². The van der Waals surface area contributed by atoms with Crippen molar-refractivity contribution in [3.8, 4) is 11.5 Å². The molecule has 0 aliphatic heterocycles. The van der Waals surface area contributed by atoms with Crippen molar-refractivity contribution in [3.05, 3.63) is 57.3 Å². The van der Waals surface area contributed by atoms with Crippen LogP contribution in [0.3, 0.4) is 0 Å². The summed E-state index contributed by atoms with van der Waals surface area (Å²) in [6.07, 6.45) is 1.19. The average molecular weight is 373 g/mol. The van der Waals surface area contributed by atoms with E-state index in [0.29, 0.717) is 28.5 Å². The fraction of sp³-hybridized carbons (Fsp3) is 0.250. The van der Waals surface area contributed by atoms with Crippen LogP contribution in [0.1, 0.15) is 18.9 Å². The monoisotopic (exact) mass is 371 g/mol. The van der Waals surface area contributed by atoms with Crippen LogP contribution in [0, 0.1) is 5.82 Å². The molecule has 0 saturated heterocycles. The normalized spacial score (nSPS) is 12.2. The van der Waals surface area contributed by atoms with Crippen molar-refractivity contribution in [1.29, 1.82) is 0 Å². The van der Waals surface area contributed by atoms with Gasteiger partial charge >= 0.3 is 0 Å². The minimum Gasteiger partial charge on any atom is -0.455 e. The van der Waals surface area contributed by atoms with Crippen molar-refractivity contribution in [2.45, 2.75) is 25.8 Å². The Labute approximate surface area is 137 Å². The zero-order valence-electron chi connectivity index (χ0n) is 11.6. The molecule has 0 aromatic heterocycles. The Hall–Kier alpha value is -1.10. The number of benzene rings is 2. The van der Waals surface area contributed by atoms with Crippen LogP contribution in [0.15, 0.2) is 40.9 Å². The van der Waals surface area contributed by atoms with E-state index in [4.69, 9.17) is 22.1 Å². The Kier molecular flexibility index (Phi) is 5.62. The summed E-state index contributed by atoms with van der Waals surface area (Å²) in [5.41, 5.74) is 6.41. The first-order chi connectivity index (χ1) is 10.0. The fourth-order valence-electron chi connectivity index (χ4n) is 1.92. The lowest BCUT2D eigenvalue weighted by Gasteiger charge is -2.15. The van der Waals surface area contributed by atoms with Crippen molar-refractivity contribution < 1.29 is 9.13 Å². The first-order valence-electron chi connectivity index (χ1n) is 6.67. The molecular formula is C16H16BrClFNO. The van der Waals surface area contributed by atoms with Gasteiger partial charge in [-0.3, -0.25) is 0 Å². The number of hydrogen-bond acceptors (Lipinski definition) is 2. The second kappa shape index (κ2) is 7.25. The van der Waals surface area contributed by atoms with E-state index in [1.165, 1.54) is 6.07 Å². The van der Waals surface area contributed by atoms with Crippen LogP contribution in [0.5, 0.6) is 11.5 Å². The zero-order valence-corrected chi connectivity index (χ0v) is 13.9. The van der Waals surface area contributed by atoms with Crippen molar-refractivity contribution >= 4 is 27.5 Å². The van der Waals surface area contributed by atoms with Gasteiger partial charge in [-0.15, -0.1) is 0 Å². The van der Waals surface area contributed by atoms with Crippen molar-refractivity contribution in [2.75, 3.05) is 0 Å². The molecule has 2 aromatic rings. The van der Waals surface area contributed by atoms with Gasteiger partial charge in [-0.1, -0.05) is 40.5 Å². The molecule has 0 amide bonds. The zero-order chi connectivity index (χ0) is 15.4. The molecular weight excluding hydrogens is 357 g/mol. The van der Waals surface area contributed by atoms with Gasteiger partial charge in [0.1, 0.15) is 17.3 Å². The predicted octanol–water partition coefficient (Wildman–Crippen LogP) is 5.31. The smallest absolute Gasteiger partial charge is 0.146 e. The molecule has 0 aliphatic carbocycles. The van der Waals surface area contributed by atoms with E-state index >= 15 is 0 Å². The number of halogens is 3. The van der Waals surface area contributed by atoms with Crippen LogP contribution >= 0.6 is 27.5 Å². The quantitative estimate of drug-likeness (QED) is 0.771. The van der Waals surface area contributed by atoms with Crippen molar-refractivity contribution in [3.63, 3.8) is 0 Å². The van der Waals surface area contributed by atoms with E-state index in [-0.39, 0.29) is 11.9 Å². The van der Waals surface area contributed by atoms with Gasteiger partial charge in [0.15, 0.2) is 0 Å². The highest BCUT2D eigenvalue weighted by molar-refractivity contribution is 9.10. The van der Waals surface area contributed by atoms with E-state index in [1.807, 2.05) is 13.0 Å². The second-order valence-corrected chi connectivity index (χ2v) is 6.09. The number of ether oxygens (including phenoxy) is 1. The lowest BCUT2D eigenvalue weighted by Crippen LogP contribution is -2.22. The topological polar surface area (TPSA) is 35.2 Å². The summed E-state index contributed by atoms with van der Waals surface area (Å²) >= 11 is 9.46. The predicted molar refractivity (Wildman–Crippen MR) is 87.6 cm³/mol. The van der Waals surface area contributed by atoms with Crippen LogP contribution in [0.2, 0.25) is 5.02 Å². The molecule has 1 unspecified atom stereocenters. The Bertz CT molecular complexity index is 636. The molecule has 0 bridgehead atoms. The van der Waals surface area contributed by atoms with Gasteiger partial charge in [0.2, 0.25) is 0 Å². The highest BCUT2D eigenvalue weighted by Gasteiger charge is 2.14. The Balaban J connectivity index is 2.33. The highest BCUT2D eigenvalue weighted by Crippen LogP contribution is 2.34. The van der Waals surface area contributed by atoms with E-state index in [9.17, 15) is 4.39 Å². The number of hydrogen-bond donors (Lipinski definition) is 1. The van der Waals surface area contributed by atoms with Crippen LogP contribution in [0.25, 0.3) is 0 Å². The molecule has 5 heteroatoms. The molecule has 0 heterocycles. The summed E-state index contributed by atoms with van der Waals surface area (Å²) in [7, 11) is 0. The molecule has 0 fully saturated rings. The molecule has 2 aromatic carbocycles. The third-order valence-corrected chi connectivity index (χ3v) is 3.97. The van der Waals surface area contributed by atoms with E-state index < -0.39 is 0 Å². The minimum absolute atomic E-state index is 0.107. The van der Waals surface area contributed by atoms with Gasteiger partial charge in [-0.05, 0) is 43.2 Å². The van der Waals surface area contributed by atoms with E-state index in [2.05, 4.69) is 15.9 Å². The van der Waals surface area contributed by atoms with Gasteiger partial charge in [-0.2, -0.15) is 0 Å². The third kappa shape index (κ3) is 4.19. The molecule has 2 nitrogen and oxygen atoms in total. The molecule has 21 heavy (non-hydrogen) atoms. The van der Waals surface area contributed by atoms with Gasteiger partial charge < -0.3 is 10.5 Å². The first-order valence-corrected chi connectivity index (χ1v) is 7.84. The van der Waals surface area contributed by atoms with Crippen molar-refractivity contribution in [1.82, 2.24) is 0 Å². The van der Waals surface area contributed by atoms with Crippen LogP contribution in [-0.4, -0.2) is 6.04 Å². The Morgan fingerprint density at radius 1 is 1.29 bits per heavy atom. The molecule has 2 N–H and O–H groups in total. The van der Waals surface area contributed by atoms with Gasteiger partial charge in [0.05, 0.1) is 5.02 Å². The highest BCUT2D eigenvalue weighted by atomic mass is 79.9. The molecule has 2 rings (SSSR count). The minimum atomic E-state index is -0.315. The Morgan fingerprint density at radius 2 is 2.05 bits per heavy atom. The Morgan fingerprint density at radius 3 is 2.71 bits per heavy atom. The molecule has 0 spiro atoms. The maximum absolute atomic E-state index is 14.0. The van der Waals surface area contributed by atoms with E-state index in [1.54, 1.807) is 24.3 Å². The summed E-state index contributed by atoms with van der Waals surface area (Å²) in [6.45, 7) is 1.97. The summed E-state index contributed by atoms with van der Waals surface area (Å²) < 4.78 is 20.7. The summed E-state index contributed by atoms with van der Waals surface area (Å²) in [4.78, 5) is 0. The van der Waals surface area contributed by atoms with Crippen LogP contribution in [-0.2, 0) is 6.42 Å². The maximum atomic E-state index is 14.0. The van der Waals surface area contributed by atoms with Gasteiger partial charge in [0.25, 0.3) is 0 Å². The maximum Gasteiger partial charge on any atom is 0.146 e. The SMILES string of the molecule is CCC(N)Cc1c(F)cccc1Oc1ccc(Br)cc1Cl. The molecule has 1 atom stereocenters. The molecule has 0 radical (unpaired) electrons.